The molecule has 3 heteroatoms. The summed E-state index contributed by atoms with van der Waals surface area (Å²) in [6, 6.07) is 21.4. The second-order valence-electron chi connectivity index (χ2n) is 8.17. The lowest BCUT2D eigenvalue weighted by Gasteiger charge is -2.34. The van der Waals surface area contributed by atoms with Crippen LogP contribution < -0.4 is 0 Å². The molecule has 0 N–H and O–H groups in total. The summed E-state index contributed by atoms with van der Waals surface area (Å²) in [5.41, 5.74) is 7.42. The van der Waals surface area contributed by atoms with Crippen LogP contribution in [0.2, 0.25) is 0 Å². The van der Waals surface area contributed by atoms with Crippen LogP contribution in [0.25, 0.3) is 0 Å². The van der Waals surface area contributed by atoms with Gasteiger partial charge in [0.15, 0.2) is 0 Å². The Hall–Kier alpha value is -1.80. The largest absolute Gasteiger partial charge is 0.0885 e. The standard InChI is InChI=1S/C26H26Cl2Si/c1-16-15-22(27)17(2)23(16)29-24-18(3)25(28)26(19(24)4,20-11-7-5-8-12-20)21-13-9-6-10-14-21/h5-14H,15,29H2,1-4H3. The van der Waals surface area contributed by atoms with Crippen LogP contribution in [0.3, 0.4) is 0 Å². The highest BCUT2D eigenvalue weighted by Crippen LogP contribution is 2.55. The summed E-state index contributed by atoms with van der Waals surface area (Å²) in [6.07, 6.45) is 0.904. The molecule has 0 atom stereocenters. The van der Waals surface area contributed by atoms with Crippen molar-refractivity contribution in [3.05, 3.63) is 115 Å². The predicted octanol–water partition coefficient (Wildman–Crippen LogP) is 7.13. The van der Waals surface area contributed by atoms with E-state index < -0.39 is 14.9 Å². The minimum absolute atomic E-state index is 0.398. The number of benzene rings is 2. The van der Waals surface area contributed by atoms with E-state index >= 15 is 0 Å². The molecule has 0 bridgehead atoms. The van der Waals surface area contributed by atoms with Gasteiger partial charge in [-0.05, 0) is 50.0 Å². The molecular formula is C26H26Cl2Si. The molecule has 0 radical (unpaired) electrons. The zero-order chi connectivity index (χ0) is 20.8. The van der Waals surface area contributed by atoms with Gasteiger partial charge in [0.05, 0.1) is 14.9 Å². The number of allylic oxidation sites excluding steroid dienone is 8. The highest BCUT2D eigenvalue weighted by atomic mass is 35.5. The molecule has 0 amide bonds. The predicted molar refractivity (Wildman–Crippen MR) is 129 cm³/mol. The highest BCUT2D eigenvalue weighted by Gasteiger charge is 2.46. The van der Waals surface area contributed by atoms with Crippen molar-refractivity contribution in [1.82, 2.24) is 0 Å². The van der Waals surface area contributed by atoms with E-state index in [4.69, 9.17) is 23.2 Å². The first-order valence-corrected chi connectivity index (χ1v) is 12.3. The van der Waals surface area contributed by atoms with Crippen molar-refractivity contribution >= 4 is 32.7 Å². The summed E-state index contributed by atoms with van der Waals surface area (Å²) in [4.78, 5) is 0. The van der Waals surface area contributed by atoms with Crippen LogP contribution in [0.4, 0.5) is 0 Å². The van der Waals surface area contributed by atoms with Gasteiger partial charge in [0.1, 0.15) is 0 Å². The second-order valence-corrected chi connectivity index (χ2v) is 10.8. The molecule has 0 nitrogen and oxygen atoms in total. The van der Waals surface area contributed by atoms with Gasteiger partial charge in [-0.3, -0.25) is 0 Å². The fourth-order valence-electron chi connectivity index (χ4n) is 5.00. The van der Waals surface area contributed by atoms with Crippen molar-refractivity contribution in [1.29, 1.82) is 0 Å². The topological polar surface area (TPSA) is 0 Å². The SMILES string of the molecule is CC1=C([SiH2]C2=C(C)C(c3ccccc3)(c3ccccc3)C(Cl)=C2C)C(C)=C(Cl)C1. The molecule has 148 valence electrons. The van der Waals surface area contributed by atoms with Crippen LogP contribution in [-0.4, -0.2) is 9.52 Å². The van der Waals surface area contributed by atoms with Crippen LogP contribution in [-0.2, 0) is 5.41 Å². The summed E-state index contributed by atoms with van der Waals surface area (Å²) >= 11 is 13.7. The molecule has 0 unspecified atom stereocenters. The maximum Gasteiger partial charge on any atom is 0.0882 e. The summed E-state index contributed by atoms with van der Waals surface area (Å²) < 4.78 is 0. The van der Waals surface area contributed by atoms with Crippen LogP contribution in [0.5, 0.6) is 0 Å². The molecule has 0 aliphatic heterocycles. The first-order chi connectivity index (χ1) is 13.9. The lowest BCUT2D eigenvalue weighted by molar-refractivity contribution is 0.753. The molecule has 2 aliphatic rings. The number of rotatable bonds is 4. The van der Waals surface area contributed by atoms with Gasteiger partial charge in [0.25, 0.3) is 0 Å². The monoisotopic (exact) mass is 436 g/mol. The van der Waals surface area contributed by atoms with Crippen molar-refractivity contribution < 1.29 is 0 Å². The van der Waals surface area contributed by atoms with Crippen molar-refractivity contribution in [3.63, 3.8) is 0 Å². The van der Waals surface area contributed by atoms with E-state index in [1.54, 1.807) is 0 Å². The van der Waals surface area contributed by atoms with Crippen LogP contribution in [0, 0.1) is 0 Å². The van der Waals surface area contributed by atoms with Gasteiger partial charge in [-0.25, -0.2) is 0 Å². The summed E-state index contributed by atoms with van der Waals surface area (Å²) in [7, 11) is -0.693. The first-order valence-electron chi connectivity index (χ1n) is 10.1. The number of hydrogen-bond acceptors (Lipinski definition) is 0. The first kappa shape index (κ1) is 20.5. The fourth-order valence-corrected chi connectivity index (χ4v) is 8.24. The molecule has 0 saturated carbocycles. The van der Waals surface area contributed by atoms with Crippen molar-refractivity contribution in [2.45, 2.75) is 39.5 Å². The Bertz CT molecular complexity index is 1050. The smallest absolute Gasteiger partial charge is 0.0882 e. The third-order valence-electron chi connectivity index (χ3n) is 6.69. The Balaban J connectivity index is 1.95. The third-order valence-corrected chi connectivity index (χ3v) is 10.6. The minimum atomic E-state index is -0.693. The van der Waals surface area contributed by atoms with Gasteiger partial charge < -0.3 is 0 Å². The Morgan fingerprint density at radius 3 is 1.69 bits per heavy atom. The van der Waals surface area contributed by atoms with Crippen molar-refractivity contribution in [2.24, 2.45) is 0 Å². The normalized spacial score (nSPS) is 19.5. The van der Waals surface area contributed by atoms with E-state index in [0.717, 1.165) is 16.5 Å². The molecule has 2 aromatic rings. The Morgan fingerprint density at radius 1 is 0.724 bits per heavy atom. The molecule has 0 spiro atoms. The Labute approximate surface area is 186 Å². The van der Waals surface area contributed by atoms with E-state index in [-0.39, 0.29) is 0 Å². The average molecular weight is 437 g/mol. The van der Waals surface area contributed by atoms with Crippen LogP contribution in [0.1, 0.15) is 45.2 Å². The molecule has 0 heterocycles. The summed E-state index contributed by atoms with van der Waals surface area (Å²) in [6.45, 7) is 8.89. The van der Waals surface area contributed by atoms with E-state index in [0.29, 0.717) is 0 Å². The van der Waals surface area contributed by atoms with Crippen LogP contribution >= 0.6 is 23.2 Å². The Kier molecular flexibility index (Phi) is 5.50. The lowest BCUT2D eigenvalue weighted by Crippen LogP contribution is -2.28. The zero-order valence-electron chi connectivity index (χ0n) is 17.4. The van der Waals surface area contributed by atoms with E-state index in [2.05, 4.69) is 88.4 Å². The number of hydrogen-bond donors (Lipinski definition) is 0. The zero-order valence-corrected chi connectivity index (χ0v) is 20.4. The van der Waals surface area contributed by atoms with Gasteiger partial charge in [-0.15, -0.1) is 0 Å². The molecule has 2 aromatic carbocycles. The molecule has 0 fully saturated rings. The van der Waals surface area contributed by atoms with E-state index in [9.17, 15) is 0 Å². The van der Waals surface area contributed by atoms with Gasteiger partial charge in [0, 0.05) is 16.5 Å². The maximum absolute atomic E-state index is 7.24. The highest BCUT2D eigenvalue weighted by molar-refractivity contribution is 6.58. The van der Waals surface area contributed by atoms with E-state index in [1.807, 2.05) is 0 Å². The Morgan fingerprint density at radius 2 is 1.24 bits per heavy atom. The average Bonchev–Trinajstić information content (AvgIpc) is 3.09. The maximum atomic E-state index is 7.24. The minimum Gasteiger partial charge on any atom is -0.0885 e. The van der Waals surface area contributed by atoms with E-state index in [1.165, 1.54) is 43.8 Å². The summed E-state index contributed by atoms with van der Waals surface area (Å²) in [5, 5.41) is 4.93. The molecule has 2 aliphatic carbocycles. The second kappa shape index (κ2) is 7.79. The van der Waals surface area contributed by atoms with Gasteiger partial charge in [0.2, 0.25) is 0 Å². The molecule has 4 rings (SSSR count). The molecule has 0 aromatic heterocycles. The van der Waals surface area contributed by atoms with Crippen LogP contribution in [0.15, 0.2) is 103 Å². The van der Waals surface area contributed by atoms with Gasteiger partial charge in [-0.1, -0.05) is 105 Å². The fraction of sp³-hybridized carbons (Fsp3) is 0.231. The van der Waals surface area contributed by atoms with Gasteiger partial charge in [-0.2, -0.15) is 0 Å². The quantitative estimate of drug-likeness (QED) is 0.446. The van der Waals surface area contributed by atoms with Gasteiger partial charge >= 0.3 is 0 Å². The lowest BCUT2D eigenvalue weighted by atomic mass is 9.71. The molecule has 29 heavy (non-hydrogen) atoms. The molecule has 0 saturated heterocycles. The molecular weight excluding hydrogens is 411 g/mol. The van der Waals surface area contributed by atoms with Crippen molar-refractivity contribution in [2.75, 3.05) is 0 Å². The number of halogens is 2. The van der Waals surface area contributed by atoms with Crippen molar-refractivity contribution in [3.8, 4) is 0 Å². The summed E-state index contributed by atoms with van der Waals surface area (Å²) in [5.74, 6) is 0. The third kappa shape index (κ3) is 3.11.